The lowest BCUT2D eigenvalue weighted by molar-refractivity contribution is -0.133. The maximum absolute atomic E-state index is 9.87. The Morgan fingerprint density at radius 3 is 2.10 bits per heavy atom. The van der Waals surface area contributed by atoms with Gasteiger partial charge < -0.3 is 20.1 Å². The van der Waals surface area contributed by atoms with Gasteiger partial charge in [-0.1, -0.05) is 32.1 Å². The van der Waals surface area contributed by atoms with Crippen molar-refractivity contribution >= 4 is 0 Å². The summed E-state index contributed by atoms with van der Waals surface area (Å²) in [6.45, 7) is 4.11. The number of unbranched alkanes of at least 4 members (excludes halogenated alkanes) is 6. The van der Waals surface area contributed by atoms with Crippen LogP contribution in [0.15, 0.2) is 0 Å². The van der Waals surface area contributed by atoms with Gasteiger partial charge in [-0.2, -0.15) is 0 Å². The van der Waals surface area contributed by atoms with Gasteiger partial charge >= 0.3 is 0 Å². The summed E-state index contributed by atoms with van der Waals surface area (Å²) in [4.78, 5) is 2.08. The van der Waals surface area contributed by atoms with Crippen molar-refractivity contribution in [3.8, 4) is 0 Å². The Morgan fingerprint density at radius 1 is 0.905 bits per heavy atom. The summed E-state index contributed by atoms with van der Waals surface area (Å²) in [5.74, 6) is 0. The van der Waals surface area contributed by atoms with E-state index in [1.165, 1.54) is 32.1 Å². The molecule has 0 amide bonds. The van der Waals surface area contributed by atoms with Crippen molar-refractivity contribution in [1.82, 2.24) is 4.90 Å². The van der Waals surface area contributed by atoms with Crippen LogP contribution in [0.4, 0.5) is 0 Å². The number of methoxy groups -OCH3 is 1. The fraction of sp³-hybridized carbons (Fsp3) is 1.00. The molecule has 4 atom stereocenters. The van der Waals surface area contributed by atoms with Crippen molar-refractivity contribution in [1.29, 1.82) is 0 Å². The number of hydrogen-bond acceptors (Lipinski definition) is 5. The summed E-state index contributed by atoms with van der Waals surface area (Å²) >= 11 is 0. The highest BCUT2D eigenvalue weighted by Gasteiger charge is 2.38. The summed E-state index contributed by atoms with van der Waals surface area (Å²) in [5, 5.41) is 29.2. The van der Waals surface area contributed by atoms with E-state index in [0.29, 0.717) is 6.54 Å². The van der Waals surface area contributed by atoms with Crippen LogP contribution in [-0.4, -0.2) is 71.4 Å². The lowest BCUT2D eigenvalue weighted by Crippen LogP contribution is -2.60. The Kier molecular flexibility index (Phi) is 9.44. The van der Waals surface area contributed by atoms with Gasteiger partial charge in [0, 0.05) is 26.3 Å². The highest BCUT2D eigenvalue weighted by atomic mass is 16.5. The second-order valence-corrected chi connectivity index (χ2v) is 6.25. The fourth-order valence-corrected chi connectivity index (χ4v) is 2.98. The first kappa shape index (κ1) is 18.8. The van der Waals surface area contributed by atoms with Gasteiger partial charge in [0.15, 0.2) is 0 Å². The van der Waals surface area contributed by atoms with E-state index < -0.39 is 18.3 Å². The van der Waals surface area contributed by atoms with Gasteiger partial charge in [-0.25, -0.2) is 0 Å². The predicted molar refractivity (Wildman–Crippen MR) is 83.3 cm³/mol. The Bertz CT molecular complexity index is 265. The molecule has 0 aromatic rings. The number of hydrogen-bond donors (Lipinski definition) is 3. The maximum atomic E-state index is 9.87. The number of aliphatic hydroxyl groups is 3. The molecule has 3 N–H and O–H groups in total. The Hall–Kier alpha value is -0.200. The van der Waals surface area contributed by atoms with Gasteiger partial charge in [-0.15, -0.1) is 0 Å². The van der Waals surface area contributed by atoms with Gasteiger partial charge in [0.2, 0.25) is 0 Å². The number of ether oxygens (including phenoxy) is 1. The van der Waals surface area contributed by atoms with E-state index in [1.54, 1.807) is 7.11 Å². The zero-order valence-electron chi connectivity index (χ0n) is 13.6. The van der Waals surface area contributed by atoms with E-state index >= 15 is 0 Å². The van der Waals surface area contributed by atoms with E-state index in [2.05, 4.69) is 4.90 Å². The van der Waals surface area contributed by atoms with E-state index in [9.17, 15) is 15.3 Å². The zero-order valence-corrected chi connectivity index (χ0v) is 13.6. The van der Waals surface area contributed by atoms with Crippen molar-refractivity contribution in [2.75, 3.05) is 26.8 Å². The van der Waals surface area contributed by atoms with E-state index in [4.69, 9.17) is 4.74 Å². The van der Waals surface area contributed by atoms with E-state index in [1.807, 2.05) is 6.92 Å². The quantitative estimate of drug-likeness (QED) is 0.528. The molecule has 0 bridgehead atoms. The molecule has 0 saturated carbocycles. The molecular weight excluding hydrogens is 270 g/mol. The molecule has 1 rings (SSSR count). The number of aliphatic hydroxyl groups excluding tert-OH is 3. The molecule has 1 aliphatic heterocycles. The minimum atomic E-state index is -1.01. The predicted octanol–water partition coefficient (Wildman–Crippen LogP) is 1.15. The summed E-state index contributed by atoms with van der Waals surface area (Å²) < 4.78 is 5.02. The van der Waals surface area contributed by atoms with E-state index in [-0.39, 0.29) is 6.04 Å². The lowest BCUT2D eigenvalue weighted by Gasteiger charge is -2.42. The van der Waals surface area contributed by atoms with Crippen LogP contribution in [0.5, 0.6) is 0 Å². The number of β-amino-alcohol motifs (C(OH)–C–C–N with tert-alkyl or cyclic N) is 1. The minimum absolute atomic E-state index is 0.0857. The van der Waals surface area contributed by atoms with Crippen molar-refractivity contribution in [2.45, 2.75) is 76.2 Å². The molecule has 0 unspecified atom stereocenters. The molecule has 0 spiro atoms. The van der Waals surface area contributed by atoms with Gasteiger partial charge in [0.05, 0.1) is 12.2 Å². The highest BCUT2D eigenvalue weighted by molar-refractivity contribution is 4.91. The summed E-state index contributed by atoms with van der Waals surface area (Å²) in [7, 11) is 1.74. The van der Waals surface area contributed by atoms with E-state index in [0.717, 1.165) is 26.0 Å². The monoisotopic (exact) mass is 303 g/mol. The molecule has 5 nitrogen and oxygen atoms in total. The zero-order chi connectivity index (χ0) is 15.7. The molecule has 1 fully saturated rings. The largest absolute Gasteiger partial charge is 0.389 e. The summed E-state index contributed by atoms with van der Waals surface area (Å²) in [5.41, 5.74) is 0. The van der Waals surface area contributed by atoms with Gasteiger partial charge in [0.1, 0.15) is 6.10 Å². The average Bonchev–Trinajstić information content (AvgIpc) is 2.48. The van der Waals surface area contributed by atoms with Crippen molar-refractivity contribution in [3.05, 3.63) is 0 Å². The topological polar surface area (TPSA) is 73.2 Å². The first-order chi connectivity index (χ1) is 10.1. The van der Waals surface area contributed by atoms with Crippen molar-refractivity contribution in [2.24, 2.45) is 0 Å². The number of nitrogens with zero attached hydrogens (tertiary/aromatic N) is 1. The molecule has 1 aliphatic rings. The first-order valence-electron chi connectivity index (χ1n) is 8.35. The standard InChI is InChI=1S/C16H33NO4/c1-13-15(19)16(20)14(18)12-17(13)10-8-6-4-3-5-7-9-11-21-2/h13-16,18-20H,3-12H2,1-2H3/t13-,14+,15+,16-/m1/s1. The van der Waals surface area contributed by atoms with Gasteiger partial charge in [-0.3, -0.25) is 4.90 Å². The third-order valence-corrected chi connectivity index (χ3v) is 4.53. The minimum Gasteiger partial charge on any atom is -0.389 e. The van der Waals surface area contributed by atoms with Crippen LogP contribution in [0.2, 0.25) is 0 Å². The lowest BCUT2D eigenvalue weighted by atomic mass is 9.94. The SMILES string of the molecule is COCCCCCCCCCN1C[C@H](O)[C@@H](O)[C@@H](O)[C@H]1C. The maximum Gasteiger partial charge on any atom is 0.108 e. The smallest absolute Gasteiger partial charge is 0.108 e. The number of likely N-dealkylation sites (tertiary alicyclic amines) is 1. The van der Waals surface area contributed by atoms with Crippen LogP contribution in [-0.2, 0) is 4.74 Å². The normalized spacial score (nSPS) is 30.7. The molecule has 5 heteroatoms. The fourth-order valence-electron chi connectivity index (χ4n) is 2.98. The molecule has 126 valence electrons. The van der Waals surface area contributed by atoms with Gasteiger partial charge in [0.25, 0.3) is 0 Å². The molecule has 1 heterocycles. The number of rotatable bonds is 10. The molecule has 0 aromatic carbocycles. The Morgan fingerprint density at radius 2 is 1.48 bits per heavy atom. The van der Waals surface area contributed by atoms with Gasteiger partial charge in [-0.05, 0) is 26.3 Å². The first-order valence-corrected chi connectivity index (χ1v) is 8.35. The van der Waals surface area contributed by atoms with Crippen LogP contribution in [0.1, 0.15) is 51.9 Å². The molecule has 1 saturated heterocycles. The third kappa shape index (κ3) is 6.61. The Balaban J connectivity index is 2.04. The van der Waals surface area contributed by atoms with Crippen molar-refractivity contribution < 1.29 is 20.1 Å². The molecule has 0 aromatic heterocycles. The molecule has 21 heavy (non-hydrogen) atoms. The Labute approximate surface area is 128 Å². The third-order valence-electron chi connectivity index (χ3n) is 4.53. The van der Waals surface area contributed by atoms with Crippen LogP contribution >= 0.6 is 0 Å². The molecule has 0 aliphatic carbocycles. The van der Waals surface area contributed by atoms with Crippen LogP contribution in [0.3, 0.4) is 0 Å². The second-order valence-electron chi connectivity index (χ2n) is 6.25. The van der Waals surface area contributed by atoms with Crippen molar-refractivity contribution in [3.63, 3.8) is 0 Å². The molecule has 0 radical (unpaired) electrons. The average molecular weight is 303 g/mol. The van der Waals surface area contributed by atoms with Crippen LogP contribution in [0.25, 0.3) is 0 Å². The van der Waals surface area contributed by atoms with Crippen LogP contribution in [0, 0.1) is 0 Å². The number of piperidine rings is 1. The highest BCUT2D eigenvalue weighted by Crippen LogP contribution is 2.19. The van der Waals surface area contributed by atoms with Crippen LogP contribution < -0.4 is 0 Å². The summed E-state index contributed by atoms with van der Waals surface area (Å²) in [6, 6.07) is -0.0857. The second kappa shape index (κ2) is 10.5. The summed E-state index contributed by atoms with van der Waals surface area (Å²) in [6.07, 6.45) is 5.74. The molecular formula is C16H33NO4.